The number of amides is 1. The summed E-state index contributed by atoms with van der Waals surface area (Å²) in [6.45, 7) is -0.371. The van der Waals surface area contributed by atoms with Crippen molar-refractivity contribution >= 4 is 46.3 Å². The van der Waals surface area contributed by atoms with Crippen LogP contribution in [-0.4, -0.2) is 36.3 Å². The molecule has 158 valence electrons. The highest BCUT2D eigenvalue weighted by Crippen LogP contribution is 2.35. The van der Waals surface area contributed by atoms with Crippen molar-refractivity contribution in [1.82, 2.24) is 5.01 Å². The van der Waals surface area contributed by atoms with Crippen molar-refractivity contribution in [2.75, 3.05) is 13.7 Å². The smallest absolute Gasteiger partial charge is 0.331 e. The van der Waals surface area contributed by atoms with Crippen molar-refractivity contribution in [3.63, 3.8) is 0 Å². The van der Waals surface area contributed by atoms with Gasteiger partial charge in [0.25, 0.3) is 5.91 Å². The van der Waals surface area contributed by atoms with Crippen LogP contribution in [0.15, 0.2) is 70.5 Å². The van der Waals surface area contributed by atoms with Crippen LogP contribution in [0.25, 0.3) is 6.08 Å². The fraction of sp³-hybridized carbons (Fsp3) is 0.174. The first-order valence-corrected chi connectivity index (χ1v) is 11.4. The van der Waals surface area contributed by atoms with E-state index in [0.29, 0.717) is 12.2 Å². The number of benzene rings is 1. The van der Waals surface area contributed by atoms with Crippen LogP contribution in [-0.2, 0) is 14.3 Å². The van der Waals surface area contributed by atoms with Crippen LogP contribution < -0.4 is 4.74 Å². The fourth-order valence-electron chi connectivity index (χ4n) is 3.19. The van der Waals surface area contributed by atoms with Crippen molar-refractivity contribution < 1.29 is 19.1 Å². The molecule has 1 atom stereocenters. The van der Waals surface area contributed by atoms with Gasteiger partial charge in [-0.3, -0.25) is 4.79 Å². The molecule has 3 heterocycles. The van der Waals surface area contributed by atoms with Crippen LogP contribution in [0.5, 0.6) is 5.75 Å². The molecule has 0 fully saturated rings. The number of methoxy groups -OCH3 is 1. The zero-order valence-electron chi connectivity index (χ0n) is 16.8. The number of thiophene rings is 2. The van der Waals surface area contributed by atoms with E-state index in [9.17, 15) is 9.59 Å². The fourth-order valence-corrected chi connectivity index (χ4v) is 4.72. The Balaban J connectivity index is 1.41. The lowest BCUT2D eigenvalue weighted by Gasteiger charge is -2.20. The molecule has 0 N–H and O–H groups in total. The number of carbonyl (C=O) groups excluding carboxylic acids is 2. The number of nitrogens with zero attached hydrogens (tertiary/aromatic N) is 2. The summed E-state index contributed by atoms with van der Waals surface area (Å²) in [4.78, 5) is 27.0. The van der Waals surface area contributed by atoms with Gasteiger partial charge in [0.15, 0.2) is 6.61 Å². The van der Waals surface area contributed by atoms with Gasteiger partial charge in [-0.15, -0.1) is 22.7 Å². The Morgan fingerprint density at radius 2 is 2.00 bits per heavy atom. The lowest BCUT2D eigenvalue weighted by Crippen LogP contribution is -2.30. The van der Waals surface area contributed by atoms with Gasteiger partial charge in [0.05, 0.1) is 23.7 Å². The standard InChI is InChI=1S/C23H20N2O4S2/c1-28-17-6-2-5-16(13-17)9-10-23(27)29-15-22(26)25-19(21-8-4-12-31-21)14-18(24-25)20-7-3-11-30-20/h2-13,19H,14-15H2,1H3/b10-9+. The minimum absolute atomic E-state index is 0.185. The van der Waals surface area contributed by atoms with Crippen LogP contribution in [0.2, 0.25) is 0 Å². The molecule has 31 heavy (non-hydrogen) atoms. The van der Waals surface area contributed by atoms with Gasteiger partial charge in [0, 0.05) is 17.4 Å². The Morgan fingerprint density at radius 1 is 1.16 bits per heavy atom. The Kier molecular flexibility index (Phi) is 6.59. The minimum Gasteiger partial charge on any atom is -0.497 e. The summed E-state index contributed by atoms with van der Waals surface area (Å²) in [5, 5.41) is 9.96. The molecule has 0 saturated heterocycles. The average molecular weight is 453 g/mol. The second-order valence-electron chi connectivity index (χ2n) is 6.72. The molecule has 1 aliphatic rings. The topological polar surface area (TPSA) is 68.2 Å². The van der Waals surface area contributed by atoms with Crippen LogP contribution in [0.4, 0.5) is 0 Å². The number of ether oxygens (including phenoxy) is 2. The second kappa shape index (κ2) is 9.72. The monoisotopic (exact) mass is 452 g/mol. The van der Waals surface area contributed by atoms with E-state index in [1.165, 1.54) is 11.1 Å². The van der Waals surface area contributed by atoms with Crippen molar-refractivity contribution in [2.24, 2.45) is 5.10 Å². The highest BCUT2D eigenvalue weighted by atomic mass is 32.1. The van der Waals surface area contributed by atoms with Gasteiger partial charge in [0.1, 0.15) is 5.75 Å². The SMILES string of the molecule is COc1cccc(/C=C/C(=O)OCC(=O)N2N=C(c3cccs3)CC2c2cccs2)c1. The Morgan fingerprint density at radius 3 is 2.74 bits per heavy atom. The van der Waals surface area contributed by atoms with Crippen LogP contribution in [0.1, 0.15) is 27.8 Å². The quantitative estimate of drug-likeness (QED) is 0.383. The first-order valence-electron chi connectivity index (χ1n) is 9.60. The van der Waals surface area contributed by atoms with Crippen molar-refractivity contribution in [2.45, 2.75) is 12.5 Å². The number of carbonyl (C=O) groups is 2. The predicted octanol–water partition coefficient (Wildman–Crippen LogP) is 4.75. The van der Waals surface area contributed by atoms with E-state index in [2.05, 4.69) is 5.10 Å². The zero-order chi connectivity index (χ0) is 21.6. The molecule has 0 aliphatic carbocycles. The van der Waals surface area contributed by atoms with Gasteiger partial charge in [-0.25, -0.2) is 9.80 Å². The number of hydrogen-bond acceptors (Lipinski definition) is 7. The molecule has 1 unspecified atom stereocenters. The summed E-state index contributed by atoms with van der Waals surface area (Å²) < 4.78 is 10.3. The van der Waals surface area contributed by atoms with Gasteiger partial charge in [-0.05, 0) is 46.7 Å². The summed E-state index contributed by atoms with van der Waals surface area (Å²) in [6, 6.07) is 15.0. The molecule has 8 heteroatoms. The first-order chi connectivity index (χ1) is 15.1. The van der Waals surface area contributed by atoms with Gasteiger partial charge in [0.2, 0.25) is 0 Å². The largest absolute Gasteiger partial charge is 0.497 e. The van der Waals surface area contributed by atoms with Crippen molar-refractivity contribution in [1.29, 1.82) is 0 Å². The summed E-state index contributed by atoms with van der Waals surface area (Å²) in [6.07, 6.45) is 3.55. The van der Waals surface area contributed by atoms with E-state index in [1.54, 1.807) is 41.9 Å². The first kappa shape index (κ1) is 21.0. The third kappa shape index (κ3) is 5.10. The maximum atomic E-state index is 12.8. The van der Waals surface area contributed by atoms with Crippen molar-refractivity contribution in [3.8, 4) is 5.75 Å². The number of hydrazone groups is 1. The van der Waals surface area contributed by atoms with E-state index in [-0.39, 0.29) is 18.6 Å². The summed E-state index contributed by atoms with van der Waals surface area (Å²) in [5.41, 5.74) is 1.66. The van der Waals surface area contributed by atoms with Crippen molar-refractivity contribution in [3.05, 3.63) is 80.7 Å². The van der Waals surface area contributed by atoms with E-state index in [0.717, 1.165) is 21.0 Å². The molecular formula is C23H20N2O4S2. The lowest BCUT2D eigenvalue weighted by atomic mass is 10.1. The van der Waals surface area contributed by atoms with Crippen LogP contribution >= 0.6 is 22.7 Å². The average Bonchev–Trinajstić information content (AvgIpc) is 3.56. The molecule has 0 bridgehead atoms. The molecule has 1 aliphatic heterocycles. The van der Waals surface area contributed by atoms with Crippen LogP contribution in [0, 0.1) is 0 Å². The van der Waals surface area contributed by atoms with Gasteiger partial charge >= 0.3 is 5.97 Å². The highest BCUT2D eigenvalue weighted by molar-refractivity contribution is 7.12. The molecule has 3 aromatic rings. The maximum Gasteiger partial charge on any atom is 0.331 e. The van der Waals surface area contributed by atoms with Crippen LogP contribution in [0.3, 0.4) is 0 Å². The second-order valence-corrected chi connectivity index (χ2v) is 8.64. The molecule has 4 rings (SSSR count). The molecule has 1 amide bonds. The summed E-state index contributed by atoms with van der Waals surface area (Å²) in [5.74, 6) is -0.252. The third-order valence-corrected chi connectivity index (χ3v) is 6.58. The minimum atomic E-state index is -0.592. The zero-order valence-corrected chi connectivity index (χ0v) is 18.4. The molecule has 0 spiro atoms. The maximum absolute atomic E-state index is 12.8. The normalized spacial score (nSPS) is 15.8. The number of hydrogen-bond donors (Lipinski definition) is 0. The van der Waals surface area contributed by atoms with Gasteiger partial charge in [-0.1, -0.05) is 24.3 Å². The molecule has 6 nitrogen and oxygen atoms in total. The highest BCUT2D eigenvalue weighted by Gasteiger charge is 2.34. The molecule has 2 aromatic heterocycles. The molecule has 0 saturated carbocycles. The third-order valence-electron chi connectivity index (χ3n) is 4.69. The predicted molar refractivity (Wildman–Crippen MR) is 122 cm³/mol. The van der Waals surface area contributed by atoms with Gasteiger partial charge < -0.3 is 9.47 Å². The van der Waals surface area contributed by atoms with E-state index in [4.69, 9.17) is 9.47 Å². The van der Waals surface area contributed by atoms with E-state index >= 15 is 0 Å². The Bertz CT molecular complexity index is 1100. The summed E-state index contributed by atoms with van der Waals surface area (Å²) in [7, 11) is 1.58. The lowest BCUT2D eigenvalue weighted by molar-refractivity contribution is -0.149. The van der Waals surface area contributed by atoms with Gasteiger partial charge in [-0.2, -0.15) is 5.10 Å². The number of esters is 1. The summed E-state index contributed by atoms with van der Waals surface area (Å²) >= 11 is 3.17. The Labute approximate surface area is 188 Å². The molecular weight excluding hydrogens is 432 g/mol. The Hall–Kier alpha value is -3.23. The molecule has 0 radical (unpaired) electrons. The van der Waals surface area contributed by atoms with E-state index in [1.807, 2.05) is 53.2 Å². The number of rotatable bonds is 7. The molecule has 1 aromatic carbocycles. The van der Waals surface area contributed by atoms with E-state index < -0.39 is 5.97 Å².